The summed E-state index contributed by atoms with van der Waals surface area (Å²) in [4.78, 5) is 0. The number of nitrogens with one attached hydrogen (secondary N) is 2. The van der Waals surface area contributed by atoms with E-state index in [1.54, 1.807) is 12.1 Å². The highest BCUT2D eigenvalue weighted by Crippen LogP contribution is 2.32. The minimum atomic E-state index is -4.29. The summed E-state index contributed by atoms with van der Waals surface area (Å²) in [5.41, 5.74) is -0.181. The summed E-state index contributed by atoms with van der Waals surface area (Å²) in [6, 6.07) is 6.00. The first-order chi connectivity index (χ1) is 9.31. The van der Waals surface area contributed by atoms with Crippen LogP contribution >= 0.6 is 0 Å². The lowest BCUT2D eigenvalue weighted by atomic mass is 9.80. The van der Waals surface area contributed by atoms with E-state index in [2.05, 4.69) is 24.5 Å². The van der Waals surface area contributed by atoms with Gasteiger partial charge in [-0.3, -0.25) is 0 Å². The van der Waals surface area contributed by atoms with E-state index in [9.17, 15) is 13.2 Å². The van der Waals surface area contributed by atoms with Gasteiger partial charge in [0, 0.05) is 19.1 Å². The van der Waals surface area contributed by atoms with Crippen LogP contribution in [0.5, 0.6) is 0 Å². The molecular weight excluding hydrogens is 265 g/mol. The highest BCUT2D eigenvalue weighted by atomic mass is 19.4. The number of piperidine rings is 1. The molecule has 1 aliphatic rings. The molecule has 2 N–H and O–H groups in total. The van der Waals surface area contributed by atoms with Crippen LogP contribution in [0.2, 0.25) is 0 Å². The van der Waals surface area contributed by atoms with E-state index in [0.29, 0.717) is 5.56 Å². The third kappa shape index (κ3) is 3.52. The normalized spacial score (nSPS) is 22.8. The predicted molar refractivity (Wildman–Crippen MR) is 73.3 cm³/mol. The Kier molecular flexibility index (Phi) is 4.39. The van der Waals surface area contributed by atoms with E-state index < -0.39 is 11.7 Å². The van der Waals surface area contributed by atoms with Gasteiger partial charge in [0.25, 0.3) is 0 Å². The highest BCUT2D eigenvalue weighted by molar-refractivity contribution is 5.29. The first-order valence-electron chi connectivity index (χ1n) is 6.90. The lowest BCUT2D eigenvalue weighted by Gasteiger charge is -2.39. The van der Waals surface area contributed by atoms with Gasteiger partial charge in [0.15, 0.2) is 0 Å². The lowest BCUT2D eigenvalue weighted by molar-refractivity contribution is -0.138. The Morgan fingerprint density at radius 3 is 2.65 bits per heavy atom. The SMILES string of the molecule is CC1(C)CNCCC1NCc1ccccc1C(F)(F)F. The Morgan fingerprint density at radius 1 is 1.30 bits per heavy atom. The van der Waals surface area contributed by atoms with Crippen LogP contribution < -0.4 is 10.6 Å². The molecule has 1 saturated heterocycles. The van der Waals surface area contributed by atoms with Gasteiger partial charge in [0.2, 0.25) is 0 Å². The molecule has 1 fully saturated rings. The molecule has 1 unspecified atom stereocenters. The third-order valence-corrected chi connectivity index (χ3v) is 4.00. The molecule has 0 radical (unpaired) electrons. The number of hydrogen-bond acceptors (Lipinski definition) is 2. The fraction of sp³-hybridized carbons (Fsp3) is 0.600. The summed E-state index contributed by atoms with van der Waals surface area (Å²) in [5.74, 6) is 0. The molecule has 2 rings (SSSR count). The molecule has 2 nitrogen and oxygen atoms in total. The van der Waals surface area contributed by atoms with Crippen molar-refractivity contribution in [1.82, 2.24) is 10.6 Å². The quantitative estimate of drug-likeness (QED) is 0.891. The molecule has 0 aliphatic carbocycles. The third-order valence-electron chi connectivity index (χ3n) is 4.00. The summed E-state index contributed by atoms with van der Waals surface area (Å²) in [6.07, 6.45) is -3.36. The van der Waals surface area contributed by atoms with Crippen LogP contribution in [-0.4, -0.2) is 19.1 Å². The molecule has 1 atom stereocenters. The highest BCUT2D eigenvalue weighted by Gasteiger charge is 2.34. The van der Waals surface area contributed by atoms with Crippen LogP contribution in [0.4, 0.5) is 13.2 Å². The van der Waals surface area contributed by atoms with Crippen molar-refractivity contribution < 1.29 is 13.2 Å². The number of alkyl halides is 3. The summed E-state index contributed by atoms with van der Waals surface area (Å²) in [5, 5.41) is 6.62. The van der Waals surface area contributed by atoms with Gasteiger partial charge in [-0.15, -0.1) is 0 Å². The molecule has 0 aromatic heterocycles. The van der Waals surface area contributed by atoms with E-state index >= 15 is 0 Å². The molecule has 1 aliphatic heterocycles. The van der Waals surface area contributed by atoms with Crippen LogP contribution in [-0.2, 0) is 12.7 Å². The second-order valence-corrected chi connectivity index (χ2v) is 6.04. The summed E-state index contributed by atoms with van der Waals surface area (Å²) < 4.78 is 38.8. The van der Waals surface area contributed by atoms with Crippen molar-refractivity contribution in [1.29, 1.82) is 0 Å². The zero-order valence-corrected chi connectivity index (χ0v) is 11.8. The van der Waals surface area contributed by atoms with Crippen LogP contribution in [0.3, 0.4) is 0 Å². The number of benzene rings is 1. The van der Waals surface area contributed by atoms with Gasteiger partial charge in [-0.2, -0.15) is 13.2 Å². The van der Waals surface area contributed by atoms with Crippen molar-refractivity contribution in [3.8, 4) is 0 Å². The summed E-state index contributed by atoms with van der Waals surface area (Å²) in [7, 11) is 0. The first kappa shape index (κ1) is 15.3. The van der Waals surface area contributed by atoms with Crippen molar-refractivity contribution in [3.63, 3.8) is 0 Å². The predicted octanol–water partition coefficient (Wildman–Crippen LogP) is 3.18. The number of halogens is 3. The largest absolute Gasteiger partial charge is 0.416 e. The number of rotatable bonds is 3. The van der Waals surface area contributed by atoms with E-state index in [1.807, 2.05) is 0 Å². The van der Waals surface area contributed by atoms with Gasteiger partial charge in [0.05, 0.1) is 5.56 Å². The summed E-state index contributed by atoms with van der Waals surface area (Å²) in [6.45, 7) is 6.30. The lowest BCUT2D eigenvalue weighted by Crippen LogP contribution is -2.52. The fourth-order valence-electron chi connectivity index (χ4n) is 2.73. The van der Waals surface area contributed by atoms with Gasteiger partial charge < -0.3 is 10.6 Å². The molecule has 5 heteroatoms. The molecule has 1 aromatic carbocycles. The fourth-order valence-corrected chi connectivity index (χ4v) is 2.73. The molecule has 0 spiro atoms. The second-order valence-electron chi connectivity index (χ2n) is 6.04. The standard InChI is InChI=1S/C15H21F3N2/c1-14(2)10-19-8-7-13(14)20-9-11-5-3-4-6-12(11)15(16,17)18/h3-6,13,19-20H,7-10H2,1-2H3. The molecule has 1 aromatic rings. The van der Waals surface area contributed by atoms with E-state index in [-0.39, 0.29) is 18.0 Å². The van der Waals surface area contributed by atoms with Gasteiger partial charge in [0.1, 0.15) is 0 Å². The maximum absolute atomic E-state index is 12.9. The monoisotopic (exact) mass is 286 g/mol. The average Bonchev–Trinajstić information content (AvgIpc) is 2.36. The Bertz CT molecular complexity index is 455. The summed E-state index contributed by atoms with van der Waals surface area (Å²) >= 11 is 0. The van der Waals surface area contributed by atoms with Gasteiger partial charge in [-0.05, 0) is 30.0 Å². The van der Waals surface area contributed by atoms with Crippen molar-refractivity contribution in [2.45, 2.75) is 39.0 Å². The topological polar surface area (TPSA) is 24.1 Å². The van der Waals surface area contributed by atoms with Crippen molar-refractivity contribution in [2.24, 2.45) is 5.41 Å². The maximum atomic E-state index is 12.9. The molecule has 112 valence electrons. The maximum Gasteiger partial charge on any atom is 0.416 e. The van der Waals surface area contributed by atoms with Gasteiger partial charge >= 0.3 is 6.18 Å². The zero-order chi connectivity index (χ0) is 14.8. The Hall–Kier alpha value is -1.07. The Morgan fingerprint density at radius 2 is 2.00 bits per heavy atom. The average molecular weight is 286 g/mol. The molecule has 0 saturated carbocycles. The van der Waals surface area contributed by atoms with Crippen LogP contribution in [0.1, 0.15) is 31.4 Å². The van der Waals surface area contributed by atoms with E-state index in [0.717, 1.165) is 25.6 Å². The van der Waals surface area contributed by atoms with Crippen molar-refractivity contribution in [3.05, 3.63) is 35.4 Å². The van der Waals surface area contributed by atoms with Crippen LogP contribution in [0.15, 0.2) is 24.3 Å². The first-order valence-corrected chi connectivity index (χ1v) is 6.90. The molecule has 0 bridgehead atoms. The van der Waals surface area contributed by atoms with Crippen molar-refractivity contribution in [2.75, 3.05) is 13.1 Å². The second kappa shape index (κ2) is 5.74. The minimum Gasteiger partial charge on any atom is -0.316 e. The molecule has 20 heavy (non-hydrogen) atoms. The minimum absolute atomic E-state index is 0.0470. The Balaban J connectivity index is 2.08. The zero-order valence-electron chi connectivity index (χ0n) is 11.8. The van der Waals surface area contributed by atoms with Gasteiger partial charge in [-0.1, -0.05) is 32.0 Å². The molecule has 0 amide bonds. The van der Waals surface area contributed by atoms with Crippen LogP contribution in [0, 0.1) is 5.41 Å². The van der Waals surface area contributed by atoms with E-state index in [1.165, 1.54) is 6.07 Å². The van der Waals surface area contributed by atoms with Gasteiger partial charge in [-0.25, -0.2) is 0 Å². The Labute approximate surface area is 117 Å². The van der Waals surface area contributed by atoms with E-state index in [4.69, 9.17) is 0 Å². The van der Waals surface area contributed by atoms with Crippen molar-refractivity contribution >= 4 is 0 Å². The van der Waals surface area contributed by atoms with Crippen LogP contribution in [0.25, 0.3) is 0 Å². The number of hydrogen-bond donors (Lipinski definition) is 2. The molecule has 1 heterocycles. The molecular formula is C15H21F3N2. The smallest absolute Gasteiger partial charge is 0.316 e.